The number of benzene rings is 1. The minimum Gasteiger partial charge on any atom is -0.488 e. The van der Waals surface area contributed by atoms with Gasteiger partial charge in [0.2, 0.25) is 0 Å². The van der Waals surface area contributed by atoms with Crippen LogP contribution in [-0.2, 0) is 6.42 Å². The first-order valence-corrected chi connectivity index (χ1v) is 7.42. The lowest BCUT2D eigenvalue weighted by molar-refractivity contribution is -0.688. The van der Waals surface area contributed by atoms with Crippen LogP contribution in [0.5, 0.6) is 5.75 Å². The number of nitrogens with two attached hydrogens (primary N) is 1. The summed E-state index contributed by atoms with van der Waals surface area (Å²) in [6, 6.07) is 6.77. The monoisotopic (exact) mass is 268 g/mol. The molecule has 3 heteroatoms. The lowest BCUT2D eigenvalue weighted by Crippen LogP contribution is -2.90. The van der Waals surface area contributed by atoms with Crippen molar-refractivity contribution in [3.8, 4) is 5.75 Å². The maximum atomic E-state index is 6.08. The van der Waals surface area contributed by atoms with E-state index in [1.807, 2.05) is 12.1 Å². The Morgan fingerprint density at radius 1 is 1.33 bits per heavy atom. The van der Waals surface area contributed by atoms with Gasteiger partial charge in [-0.15, -0.1) is 0 Å². The number of hydrogen-bond donors (Lipinski definition) is 1. The highest BCUT2D eigenvalue weighted by atomic mass is 35.5. The maximum absolute atomic E-state index is 6.08. The largest absolute Gasteiger partial charge is 0.488 e. The topological polar surface area (TPSA) is 25.8 Å². The van der Waals surface area contributed by atoms with Crippen molar-refractivity contribution in [1.29, 1.82) is 0 Å². The molecule has 0 atom stereocenters. The summed E-state index contributed by atoms with van der Waals surface area (Å²) in [6.07, 6.45) is 6.50. The van der Waals surface area contributed by atoms with Crippen molar-refractivity contribution in [3.63, 3.8) is 0 Å². The Morgan fingerprint density at radius 2 is 2.11 bits per heavy atom. The van der Waals surface area contributed by atoms with E-state index in [0.29, 0.717) is 0 Å². The third-order valence-corrected chi connectivity index (χ3v) is 4.05. The zero-order valence-corrected chi connectivity index (χ0v) is 11.9. The molecule has 2 N–H and O–H groups in total. The van der Waals surface area contributed by atoms with Crippen LogP contribution < -0.4 is 10.1 Å². The highest BCUT2D eigenvalue weighted by Gasteiger charge is 2.16. The fourth-order valence-electron chi connectivity index (χ4n) is 2.59. The van der Waals surface area contributed by atoms with Crippen LogP contribution in [0.1, 0.15) is 38.2 Å². The number of aryl methyl sites for hydroxylation is 1. The molecule has 0 bridgehead atoms. The molecule has 0 unspecified atom stereocenters. The molecule has 0 saturated heterocycles. The number of halogens is 1. The molecule has 0 amide bonds. The van der Waals surface area contributed by atoms with Crippen molar-refractivity contribution in [2.75, 3.05) is 13.2 Å². The van der Waals surface area contributed by atoms with E-state index in [1.54, 1.807) is 0 Å². The summed E-state index contributed by atoms with van der Waals surface area (Å²) in [5.74, 6) is 0.941. The average Bonchev–Trinajstić information content (AvgIpc) is 2.89. The zero-order valence-electron chi connectivity index (χ0n) is 11.1. The van der Waals surface area contributed by atoms with Gasteiger partial charge in [-0.2, -0.15) is 0 Å². The van der Waals surface area contributed by atoms with Gasteiger partial charge in [-0.05, 0) is 55.9 Å². The van der Waals surface area contributed by atoms with Gasteiger partial charge in [0.1, 0.15) is 18.9 Å². The summed E-state index contributed by atoms with van der Waals surface area (Å²) in [5.41, 5.74) is 1.16. The highest BCUT2D eigenvalue weighted by Crippen LogP contribution is 2.22. The van der Waals surface area contributed by atoms with Crippen LogP contribution in [0.4, 0.5) is 0 Å². The molecular weight excluding hydrogens is 246 g/mol. The van der Waals surface area contributed by atoms with E-state index in [-0.39, 0.29) is 0 Å². The summed E-state index contributed by atoms with van der Waals surface area (Å²) >= 11 is 6.08. The van der Waals surface area contributed by atoms with Gasteiger partial charge in [0.05, 0.1) is 6.04 Å². The van der Waals surface area contributed by atoms with E-state index in [1.165, 1.54) is 25.7 Å². The third-order valence-electron chi connectivity index (χ3n) is 3.68. The predicted molar refractivity (Wildman–Crippen MR) is 75.4 cm³/mol. The zero-order chi connectivity index (χ0) is 12.8. The molecule has 1 saturated carbocycles. The van der Waals surface area contributed by atoms with Gasteiger partial charge in [-0.3, -0.25) is 0 Å². The Hall–Kier alpha value is -0.730. The quantitative estimate of drug-likeness (QED) is 0.789. The normalized spacial score (nSPS) is 16.1. The first kappa shape index (κ1) is 13.7. The standard InChI is InChI=1S/C15H22ClNO/c1-2-12-11-14(7-8-15(12)16)18-10-9-17-13-5-3-4-6-13/h7-8,11,13,17H,2-6,9-10H2,1H3/p+1. The van der Waals surface area contributed by atoms with Crippen molar-refractivity contribution >= 4 is 11.6 Å². The van der Waals surface area contributed by atoms with E-state index >= 15 is 0 Å². The Bertz CT molecular complexity index is 375. The molecule has 1 aliphatic rings. The molecule has 2 rings (SSSR count). The molecule has 1 fully saturated rings. The Balaban J connectivity index is 1.72. The minimum absolute atomic E-state index is 0.779. The molecular formula is C15H23ClNO+. The molecule has 0 spiro atoms. The maximum Gasteiger partial charge on any atom is 0.137 e. The second-order valence-corrected chi connectivity index (χ2v) is 5.43. The second-order valence-electron chi connectivity index (χ2n) is 5.02. The molecule has 0 heterocycles. The van der Waals surface area contributed by atoms with E-state index in [2.05, 4.69) is 18.3 Å². The van der Waals surface area contributed by atoms with Gasteiger partial charge in [-0.25, -0.2) is 0 Å². The molecule has 18 heavy (non-hydrogen) atoms. The molecule has 1 aliphatic carbocycles. The lowest BCUT2D eigenvalue weighted by Gasteiger charge is -2.10. The van der Waals surface area contributed by atoms with Crippen LogP contribution in [-0.4, -0.2) is 19.2 Å². The van der Waals surface area contributed by atoms with Crippen molar-refractivity contribution in [2.24, 2.45) is 0 Å². The fraction of sp³-hybridized carbons (Fsp3) is 0.600. The predicted octanol–water partition coefficient (Wildman–Crippen LogP) is 2.79. The molecule has 0 radical (unpaired) electrons. The number of rotatable bonds is 6. The Kier molecular flexibility index (Phi) is 5.33. The first-order chi connectivity index (χ1) is 8.79. The van der Waals surface area contributed by atoms with E-state index in [9.17, 15) is 0 Å². The SMILES string of the molecule is CCc1cc(OCC[NH2+]C2CCCC2)ccc1Cl. The van der Waals surface area contributed by atoms with Crippen LogP contribution in [0.3, 0.4) is 0 Å². The van der Waals surface area contributed by atoms with Crippen molar-refractivity contribution in [2.45, 2.75) is 45.1 Å². The number of hydrogen-bond acceptors (Lipinski definition) is 1. The fourth-order valence-corrected chi connectivity index (χ4v) is 2.84. The average molecular weight is 269 g/mol. The summed E-state index contributed by atoms with van der Waals surface area (Å²) in [5, 5.41) is 3.27. The van der Waals surface area contributed by atoms with Gasteiger partial charge >= 0.3 is 0 Å². The number of quaternary nitrogens is 1. The molecule has 1 aromatic carbocycles. The van der Waals surface area contributed by atoms with E-state index in [0.717, 1.165) is 41.9 Å². The van der Waals surface area contributed by atoms with Crippen molar-refractivity contribution < 1.29 is 10.1 Å². The summed E-state index contributed by atoms with van der Waals surface area (Å²) in [4.78, 5) is 0. The lowest BCUT2D eigenvalue weighted by atomic mass is 10.1. The van der Waals surface area contributed by atoms with E-state index < -0.39 is 0 Å². The minimum atomic E-state index is 0.779. The first-order valence-electron chi connectivity index (χ1n) is 7.04. The van der Waals surface area contributed by atoms with Gasteiger partial charge < -0.3 is 10.1 Å². The summed E-state index contributed by atoms with van der Waals surface area (Å²) in [7, 11) is 0. The van der Waals surface area contributed by atoms with Crippen LogP contribution in [0.15, 0.2) is 18.2 Å². The van der Waals surface area contributed by atoms with Crippen LogP contribution >= 0.6 is 11.6 Å². The van der Waals surface area contributed by atoms with Gasteiger partial charge in [0.25, 0.3) is 0 Å². The van der Waals surface area contributed by atoms with E-state index in [4.69, 9.17) is 16.3 Å². The molecule has 1 aromatic rings. The second kappa shape index (κ2) is 7.01. The van der Waals surface area contributed by atoms with Gasteiger partial charge in [-0.1, -0.05) is 18.5 Å². The molecule has 2 nitrogen and oxygen atoms in total. The van der Waals surface area contributed by atoms with Gasteiger partial charge in [0.15, 0.2) is 0 Å². The summed E-state index contributed by atoms with van der Waals surface area (Å²) in [6.45, 7) is 3.94. The highest BCUT2D eigenvalue weighted by molar-refractivity contribution is 6.31. The Morgan fingerprint density at radius 3 is 2.83 bits per heavy atom. The van der Waals surface area contributed by atoms with Crippen LogP contribution in [0, 0.1) is 0 Å². The molecule has 0 aliphatic heterocycles. The third kappa shape index (κ3) is 3.89. The molecule has 100 valence electrons. The molecule has 0 aromatic heterocycles. The van der Waals surface area contributed by atoms with Gasteiger partial charge in [0, 0.05) is 5.02 Å². The van der Waals surface area contributed by atoms with Crippen LogP contribution in [0.2, 0.25) is 5.02 Å². The van der Waals surface area contributed by atoms with Crippen LogP contribution in [0.25, 0.3) is 0 Å². The number of ether oxygens (including phenoxy) is 1. The smallest absolute Gasteiger partial charge is 0.137 e. The summed E-state index contributed by atoms with van der Waals surface area (Å²) < 4.78 is 5.77. The van der Waals surface area contributed by atoms with Crippen molar-refractivity contribution in [1.82, 2.24) is 0 Å². The van der Waals surface area contributed by atoms with Crippen molar-refractivity contribution in [3.05, 3.63) is 28.8 Å². The Labute approximate surface area is 115 Å².